The number of aliphatic hydroxyl groups excluding tert-OH is 1. The molecule has 1 aliphatic carbocycles. The van der Waals surface area contributed by atoms with Gasteiger partial charge in [0, 0.05) is 36.8 Å². The van der Waals surface area contributed by atoms with Gasteiger partial charge < -0.3 is 30.9 Å². The number of Topliss-reactive ketones (excluding diaryl/α,β-unsaturated/α-hetero) is 1. The van der Waals surface area contributed by atoms with Crippen molar-refractivity contribution in [1.29, 1.82) is 0 Å². The Morgan fingerprint density at radius 1 is 1.20 bits per heavy atom. The predicted octanol–water partition coefficient (Wildman–Crippen LogP) is 3.38. The first kappa shape index (κ1) is 33.7. The Kier molecular flexibility index (Phi) is 12.7. The van der Waals surface area contributed by atoms with E-state index >= 15 is 0 Å². The number of nitrogens with one attached hydrogen (secondary N) is 2. The lowest BCUT2D eigenvalue weighted by molar-refractivity contribution is -0.120. The van der Waals surface area contributed by atoms with Crippen LogP contribution in [0.4, 0.5) is 4.79 Å². The van der Waals surface area contributed by atoms with E-state index in [0.29, 0.717) is 42.5 Å². The third-order valence-corrected chi connectivity index (χ3v) is 7.48. The van der Waals surface area contributed by atoms with E-state index in [9.17, 15) is 24.3 Å². The van der Waals surface area contributed by atoms with Crippen LogP contribution in [0.1, 0.15) is 60.3 Å². The molecule has 0 radical (unpaired) electrons. The molecule has 41 heavy (non-hydrogen) atoms. The molecule has 1 heterocycles. The van der Waals surface area contributed by atoms with Crippen molar-refractivity contribution in [1.82, 2.24) is 10.6 Å². The highest BCUT2D eigenvalue weighted by molar-refractivity contribution is 6.23. The number of nitrogens with two attached hydrogens (primary N) is 1. The Balaban J connectivity index is 2.53. The third-order valence-electron chi connectivity index (χ3n) is 7.48. The van der Waals surface area contributed by atoms with E-state index in [0.717, 1.165) is 6.08 Å². The number of amides is 2. The van der Waals surface area contributed by atoms with Gasteiger partial charge in [-0.2, -0.15) is 0 Å². The van der Waals surface area contributed by atoms with Crippen LogP contribution < -0.4 is 16.4 Å². The lowest BCUT2D eigenvalue weighted by Gasteiger charge is -2.29. The van der Waals surface area contributed by atoms with Gasteiger partial charge in [0.15, 0.2) is 6.10 Å². The second kappa shape index (κ2) is 15.5. The molecule has 0 saturated carbocycles. The number of carbonyl (C=O) groups excluding carboxylic acids is 4. The number of rotatable bonds is 5. The quantitative estimate of drug-likeness (QED) is 0.289. The number of carbonyl (C=O) groups is 4. The summed E-state index contributed by atoms with van der Waals surface area (Å²) in [6.07, 6.45) is 4.96. The molecule has 0 saturated heterocycles. The first-order valence-electron chi connectivity index (χ1n) is 14.0. The molecule has 2 amide bonds. The molecule has 6 atom stereocenters. The monoisotopic (exact) mass is 571 g/mol. The van der Waals surface area contributed by atoms with Crippen molar-refractivity contribution in [3.05, 3.63) is 59.0 Å². The van der Waals surface area contributed by atoms with Crippen molar-refractivity contribution in [2.24, 2.45) is 23.5 Å². The van der Waals surface area contributed by atoms with Crippen LogP contribution in [0.2, 0.25) is 0 Å². The van der Waals surface area contributed by atoms with Crippen LogP contribution in [-0.2, 0) is 23.9 Å². The topological polar surface area (TPSA) is 157 Å². The highest BCUT2D eigenvalue weighted by atomic mass is 16.6. The Morgan fingerprint density at radius 2 is 1.88 bits per heavy atom. The summed E-state index contributed by atoms with van der Waals surface area (Å²) in [4.78, 5) is 51.3. The molecule has 1 unspecified atom stereocenters. The zero-order valence-corrected chi connectivity index (χ0v) is 25.0. The Morgan fingerprint density at radius 3 is 2.49 bits per heavy atom. The Labute approximate surface area is 242 Å². The standard InChI is InChI=1S/C31H45N3O7/c1-8-11-33-27-22-13-17(2)9-10-24(35)19(4)15-20(5)29(41-31(32)39)26(40-7)14-18(3)12-21(6)30(38)34-23(28(22)37)16-25(27)36/h8,12,15-19,24,26,29,33,35H,1,9-11,13-14H2,2-7H3,(H2,32,39)(H,34,38)/b20-15+,21-12+/t17-,18?,19-,24-,26-,29-/m0/s1. The van der Waals surface area contributed by atoms with Crippen LogP contribution in [0.25, 0.3) is 0 Å². The summed E-state index contributed by atoms with van der Waals surface area (Å²) in [7, 11) is 1.50. The van der Waals surface area contributed by atoms with Gasteiger partial charge >= 0.3 is 6.09 Å². The fraction of sp³-hybridized carbons (Fsp3) is 0.548. The highest BCUT2D eigenvalue weighted by Gasteiger charge is 2.32. The minimum absolute atomic E-state index is 0.0577. The van der Waals surface area contributed by atoms with Crippen molar-refractivity contribution in [3.8, 4) is 0 Å². The maximum Gasteiger partial charge on any atom is 0.405 e. The van der Waals surface area contributed by atoms with Crippen molar-refractivity contribution in [2.45, 2.75) is 78.6 Å². The molecule has 2 bridgehead atoms. The van der Waals surface area contributed by atoms with Gasteiger partial charge in [-0.15, -0.1) is 6.58 Å². The molecule has 0 aromatic heterocycles. The largest absolute Gasteiger partial charge is 0.439 e. The van der Waals surface area contributed by atoms with Gasteiger partial charge in [-0.25, -0.2) is 4.79 Å². The van der Waals surface area contributed by atoms with Crippen molar-refractivity contribution >= 4 is 23.6 Å². The number of methoxy groups -OCH3 is 1. The molecule has 0 fully saturated rings. The van der Waals surface area contributed by atoms with Crippen molar-refractivity contribution in [3.63, 3.8) is 0 Å². The molecule has 5 N–H and O–H groups in total. The molecule has 0 aromatic rings. The SMILES string of the molecule is C=CCNC1=C2C[C@@H](C)CC[C@H](O)[C@@H](C)/C=C(\C)[C@H](OC(N)=O)[C@@H](OC)CC(C)/C=C(\C)C(=O)NC(=CC1=O)C2=O. The number of primary amides is 1. The minimum atomic E-state index is -0.946. The van der Waals surface area contributed by atoms with Gasteiger partial charge in [0.1, 0.15) is 0 Å². The molecule has 1 aliphatic heterocycles. The van der Waals surface area contributed by atoms with Gasteiger partial charge in [-0.3, -0.25) is 14.4 Å². The maximum atomic E-state index is 13.5. The Hall–Kier alpha value is -3.50. The van der Waals surface area contributed by atoms with Gasteiger partial charge in [-0.05, 0) is 56.9 Å². The van der Waals surface area contributed by atoms with Crippen LogP contribution in [0, 0.1) is 17.8 Å². The van der Waals surface area contributed by atoms with E-state index in [-0.39, 0.29) is 35.6 Å². The van der Waals surface area contributed by atoms with E-state index in [4.69, 9.17) is 15.2 Å². The molecule has 2 aliphatic rings. The molecule has 0 aromatic carbocycles. The summed E-state index contributed by atoms with van der Waals surface area (Å²) in [5, 5.41) is 16.5. The van der Waals surface area contributed by atoms with Crippen LogP contribution in [0.5, 0.6) is 0 Å². The zero-order valence-electron chi connectivity index (χ0n) is 25.0. The summed E-state index contributed by atoms with van der Waals surface area (Å²) in [5.74, 6) is -1.87. The summed E-state index contributed by atoms with van der Waals surface area (Å²) in [6, 6.07) is 0. The van der Waals surface area contributed by atoms with Gasteiger partial charge in [0.05, 0.1) is 23.6 Å². The normalized spacial score (nSPS) is 31.7. The Bertz CT molecular complexity index is 1150. The lowest BCUT2D eigenvalue weighted by atomic mass is 9.86. The van der Waals surface area contributed by atoms with E-state index in [1.165, 1.54) is 7.11 Å². The minimum Gasteiger partial charge on any atom is -0.439 e. The van der Waals surface area contributed by atoms with Gasteiger partial charge in [0.2, 0.25) is 11.6 Å². The summed E-state index contributed by atoms with van der Waals surface area (Å²) in [6.45, 7) is 13.1. The van der Waals surface area contributed by atoms with Gasteiger partial charge in [0.25, 0.3) is 5.91 Å². The molecular formula is C31H45N3O7. The summed E-state index contributed by atoms with van der Waals surface area (Å²) < 4.78 is 11.1. The van der Waals surface area contributed by atoms with Crippen molar-refractivity contribution < 1.29 is 33.8 Å². The second-order valence-electron chi connectivity index (χ2n) is 11.1. The van der Waals surface area contributed by atoms with Crippen LogP contribution in [0.15, 0.2) is 59.0 Å². The molecule has 2 rings (SSSR count). The number of allylic oxidation sites excluding steroid dienone is 3. The molecule has 10 nitrogen and oxygen atoms in total. The zero-order chi connectivity index (χ0) is 30.9. The van der Waals surface area contributed by atoms with Gasteiger partial charge in [-0.1, -0.05) is 39.0 Å². The number of aliphatic hydroxyl groups is 1. The fourth-order valence-electron chi connectivity index (χ4n) is 5.23. The number of hydrogen-bond donors (Lipinski definition) is 4. The van der Waals surface area contributed by atoms with Crippen molar-refractivity contribution in [2.75, 3.05) is 13.7 Å². The smallest absolute Gasteiger partial charge is 0.405 e. The average molecular weight is 572 g/mol. The lowest BCUT2D eigenvalue weighted by Crippen LogP contribution is -2.37. The molecule has 0 spiro atoms. The molecule has 226 valence electrons. The van der Waals surface area contributed by atoms with E-state index in [2.05, 4.69) is 17.2 Å². The predicted molar refractivity (Wildman–Crippen MR) is 156 cm³/mol. The molecular weight excluding hydrogens is 526 g/mol. The maximum absolute atomic E-state index is 13.5. The van der Waals surface area contributed by atoms with Crippen LogP contribution in [-0.4, -0.2) is 60.6 Å². The summed E-state index contributed by atoms with van der Waals surface area (Å²) in [5.41, 5.74) is 6.82. The van der Waals surface area contributed by atoms with E-state index in [1.807, 2.05) is 26.8 Å². The first-order chi connectivity index (χ1) is 19.3. The first-order valence-corrected chi connectivity index (χ1v) is 14.0. The number of hydrogen-bond acceptors (Lipinski definition) is 8. The highest BCUT2D eigenvalue weighted by Crippen LogP contribution is 2.28. The van der Waals surface area contributed by atoms with E-state index in [1.54, 1.807) is 26.0 Å². The second-order valence-corrected chi connectivity index (χ2v) is 11.1. The summed E-state index contributed by atoms with van der Waals surface area (Å²) >= 11 is 0. The number of ketones is 2. The number of ether oxygens (including phenoxy) is 2. The average Bonchev–Trinajstić information content (AvgIpc) is 2.90. The molecule has 10 heteroatoms. The van der Waals surface area contributed by atoms with E-state index < -0.39 is 41.9 Å². The number of fused-ring (bicyclic) bond motifs is 2. The third kappa shape index (κ3) is 9.54. The fourth-order valence-corrected chi connectivity index (χ4v) is 5.23. The van der Waals surface area contributed by atoms with Crippen LogP contribution in [0.3, 0.4) is 0 Å². The van der Waals surface area contributed by atoms with Crippen LogP contribution >= 0.6 is 0 Å².